The molecule has 39 heavy (non-hydrogen) atoms. The van der Waals surface area contributed by atoms with Gasteiger partial charge in [-0.3, -0.25) is 4.79 Å². The summed E-state index contributed by atoms with van der Waals surface area (Å²) in [7, 11) is 3.93. The van der Waals surface area contributed by atoms with Gasteiger partial charge < -0.3 is 35.8 Å². The predicted molar refractivity (Wildman–Crippen MR) is 149 cm³/mol. The van der Waals surface area contributed by atoms with Crippen molar-refractivity contribution in [1.29, 1.82) is 0 Å². The summed E-state index contributed by atoms with van der Waals surface area (Å²) in [6, 6.07) is 6.95. The van der Waals surface area contributed by atoms with Crippen LogP contribution >= 0.6 is 12.2 Å². The molecule has 0 spiro atoms. The van der Waals surface area contributed by atoms with Crippen LogP contribution in [-0.2, 0) is 4.79 Å². The number of rotatable bonds is 11. The first kappa shape index (κ1) is 30.3. The molecule has 3 rings (SSSR count). The summed E-state index contributed by atoms with van der Waals surface area (Å²) in [5.41, 5.74) is 0.544. The SMILES string of the molecule is CCN1CCC(CNc2cc(C)nc(NC(=S)Nc3ccc(OC(F)(F)F)cc3)n2)(C(=O)NCCN(C)C)C1. The molecule has 1 atom stereocenters. The minimum absolute atomic E-state index is 0.0222. The van der Waals surface area contributed by atoms with Gasteiger partial charge in [0, 0.05) is 43.6 Å². The first-order valence-electron chi connectivity index (χ1n) is 12.6. The van der Waals surface area contributed by atoms with E-state index in [1.165, 1.54) is 24.3 Å². The number of anilines is 3. The second-order valence-corrected chi connectivity index (χ2v) is 10.1. The molecule has 14 heteroatoms. The highest BCUT2D eigenvalue weighted by atomic mass is 32.1. The summed E-state index contributed by atoms with van der Waals surface area (Å²) in [5.74, 6) is 0.460. The summed E-state index contributed by atoms with van der Waals surface area (Å²) in [5, 5.41) is 12.3. The first-order valence-corrected chi connectivity index (χ1v) is 13.0. The summed E-state index contributed by atoms with van der Waals surface area (Å²) < 4.78 is 41.0. The lowest BCUT2D eigenvalue weighted by atomic mass is 9.85. The van der Waals surface area contributed by atoms with Gasteiger partial charge in [-0.25, -0.2) is 4.98 Å². The van der Waals surface area contributed by atoms with Crippen LogP contribution in [0.2, 0.25) is 0 Å². The number of benzene rings is 1. The van der Waals surface area contributed by atoms with E-state index in [-0.39, 0.29) is 22.7 Å². The zero-order chi connectivity index (χ0) is 28.6. The van der Waals surface area contributed by atoms with Crippen LogP contribution in [0.1, 0.15) is 19.0 Å². The van der Waals surface area contributed by atoms with Gasteiger partial charge in [0.25, 0.3) is 0 Å². The summed E-state index contributed by atoms with van der Waals surface area (Å²) in [4.78, 5) is 26.4. The van der Waals surface area contributed by atoms with Gasteiger partial charge in [-0.05, 0) is 77.0 Å². The molecule has 0 bridgehead atoms. The monoisotopic (exact) mass is 568 g/mol. The maximum atomic E-state index is 13.2. The van der Waals surface area contributed by atoms with Gasteiger partial charge in [0.1, 0.15) is 11.6 Å². The lowest BCUT2D eigenvalue weighted by molar-refractivity contribution is -0.274. The van der Waals surface area contributed by atoms with Gasteiger partial charge in [-0.2, -0.15) is 4.98 Å². The molecule has 0 aliphatic carbocycles. The maximum Gasteiger partial charge on any atom is 0.573 e. The van der Waals surface area contributed by atoms with Crippen molar-refractivity contribution in [3.63, 3.8) is 0 Å². The summed E-state index contributed by atoms with van der Waals surface area (Å²) in [6.45, 7) is 8.00. The molecule has 1 amide bonds. The van der Waals surface area contributed by atoms with E-state index >= 15 is 0 Å². The number of amides is 1. The van der Waals surface area contributed by atoms with E-state index in [0.29, 0.717) is 36.8 Å². The number of nitrogens with zero attached hydrogens (tertiary/aromatic N) is 4. The molecule has 0 radical (unpaired) electrons. The molecule has 1 aromatic carbocycles. The molecule has 10 nitrogen and oxygen atoms in total. The van der Waals surface area contributed by atoms with Crippen LogP contribution < -0.4 is 26.0 Å². The van der Waals surface area contributed by atoms with E-state index in [9.17, 15) is 18.0 Å². The third-order valence-electron chi connectivity index (χ3n) is 6.24. The Labute approximate surface area is 231 Å². The molecule has 1 fully saturated rings. The number of likely N-dealkylation sites (N-methyl/N-ethyl adjacent to an activating group) is 1. The number of alkyl halides is 3. The fraction of sp³-hybridized carbons (Fsp3) is 0.520. The van der Waals surface area contributed by atoms with Gasteiger partial charge >= 0.3 is 6.36 Å². The van der Waals surface area contributed by atoms with Gasteiger partial charge in [0.2, 0.25) is 11.9 Å². The summed E-state index contributed by atoms with van der Waals surface area (Å²) in [6.07, 6.45) is -4.03. The number of halogens is 3. The number of hydrogen-bond acceptors (Lipinski definition) is 8. The van der Waals surface area contributed by atoms with Crippen molar-refractivity contribution in [2.24, 2.45) is 5.41 Å². The molecular formula is C25H35F3N8O2S. The topological polar surface area (TPSA) is 107 Å². The molecule has 1 aliphatic rings. The van der Waals surface area contributed by atoms with E-state index in [4.69, 9.17) is 12.2 Å². The van der Waals surface area contributed by atoms with Crippen LogP contribution in [-0.4, -0.2) is 90.5 Å². The highest BCUT2D eigenvalue weighted by molar-refractivity contribution is 7.80. The molecule has 1 saturated heterocycles. The van der Waals surface area contributed by atoms with Crippen LogP contribution in [0.3, 0.4) is 0 Å². The minimum atomic E-state index is -4.76. The second kappa shape index (κ2) is 13.2. The molecule has 0 saturated carbocycles. The third kappa shape index (κ3) is 9.48. The van der Waals surface area contributed by atoms with Crippen molar-refractivity contribution < 1.29 is 22.7 Å². The molecular weight excluding hydrogens is 533 g/mol. The maximum absolute atomic E-state index is 13.2. The lowest BCUT2D eigenvalue weighted by Crippen LogP contribution is -2.48. The Hall–Kier alpha value is -3.23. The average Bonchev–Trinajstić information content (AvgIpc) is 3.27. The van der Waals surface area contributed by atoms with E-state index in [1.54, 1.807) is 6.07 Å². The average molecular weight is 569 g/mol. The molecule has 2 heterocycles. The Morgan fingerprint density at radius 1 is 1.21 bits per heavy atom. The first-order chi connectivity index (χ1) is 18.4. The van der Waals surface area contributed by atoms with Crippen molar-refractivity contribution in [1.82, 2.24) is 25.1 Å². The van der Waals surface area contributed by atoms with Gasteiger partial charge in [0.05, 0.1) is 5.41 Å². The summed E-state index contributed by atoms with van der Waals surface area (Å²) >= 11 is 5.32. The molecule has 1 aliphatic heterocycles. The molecule has 1 aromatic heterocycles. The van der Waals surface area contributed by atoms with Gasteiger partial charge in [0.15, 0.2) is 5.11 Å². The number of aromatic nitrogens is 2. The lowest BCUT2D eigenvalue weighted by Gasteiger charge is -2.29. The Bertz CT molecular complexity index is 1130. The molecule has 214 valence electrons. The smallest absolute Gasteiger partial charge is 0.406 e. The van der Waals surface area contributed by atoms with Crippen molar-refractivity contribution in [3.05, 3.63) is 36.0 Å². The zero-order valence-electron chi connectivity index (χ0n) is 22.5. The third-order valence-corrected chi connectivity index (χ3v) is 6.44. The van der Waals surface area contributed by atoms with Crippen LogP contribution in [0.5, 0.6) is 5.75 Å². The number of hydrogen-bond donors (Lipinski definition) is 4. The minimum Gasteiger partial charge on any atom is -0.406 e. The van der Waals surface area contributed by atoms with Crippen molar-refractivity contribution in [2.75, 3.05) is 69.3 Å². The van der Waals surface area contributed by atoms with Gasteiger partial charge in [-0.15, -0.1) is 13.2 Å². The van der Waals surface area contributed by atoms with E-state index in [2.05, 4.69) is 47.8 Å². The van der Waals surface area contributed by atoms with Crippen molar-refractivity contribution in [3.8, 4) is 5.75 Å². The van der Waals surface area contributed by atoms with Crippen LogP contribution in [0.25, 0.3) is 0 Å². The Morgan fingerprint density at radius 3 is 2.54 bits per heavy atom. The van der Waals surface area contributed by atoms with Crippen molar-refractivity contribution in [2.45, 2.75) is 26.6 Å². The fourth-order valence-electron chi connectivity index (χ4n) is 4.20. The zero-order valence-corrected chi connectivity index (χ0v) is 23.3. The Balaban J connectivity index is 1.63. The second-order valence-electron chi connectivity index (χ2n) is 9.68. The van der Waals surface area contributed by atoms with Gasteiger partial charge in [-0.1, -0.05) is 6.92 Å². The van der Waals surface area contributed by atoms with Crippen LogP contribution in [0.4, 0.5) is 30.6 Å². The van der Waals surface area contributed by atoms with E-state index < -0.39 is 11.8 Å². The quantitative estimate of drug-likeness (QED) is 0.302. The number of carbonyl (C=O) groups excluding carboxylic acids is 1. The Morgan fingerprint density at radius 2 is 1.92 bits per heavy atom. The fourth-order valence-corrected chi connectivity index (χ4v) is 4.41. The van der Waals surface area contributed by atoms with Crippen molar-refractivity contribution >= 4 is 40.7 Å². The normalized spacial score (nSPS) is 17.6. The number of nitrogens with one attached hydrogen (secondary N) is 4. The number of thiocarbonyl (C=S) groups is 1. The molecule has 1 unspecified atom stereocenters. The highest BCUT2D eigenvalue weighted by Gasteiger charge is 2.44. The van der Waals surface area contributed by atoms with Crippen LogP contribution in [0.15, 0.2) is 30.3 Å². The highest BCUT2D eigenvalue weighted by Crippen LogP contribution is 2.31. The Kier molecular flexibility index (Phi) is 10.3. The number of aryl methyl sites for hydroxylation is 1. The molecule has 4 N–H and O–H groups in total. The predicted octanol–water partition coefficient (Wildman–Crippen LogP) is 3.29. The number of ether oxygens (including phenoxy) is 1. The largest absolute Gasteiger partial charge is 0.573 e. The van der Waals surface area contributed by atoms with E-state index in [0.717, 1.165) is 26.1 Å². The van der Waals surface area contributed by atoms with Crippen LogP contribution in [0, 0.1) is 12.3 Å². The van der Waals surface area contributed by atoms with E-state index in [1.807, 2.05) is 25.9 Å². The molecule has 2 aromatic rings. The number of carbonyl (C=O) groups is 1. The number of likely N-dealkylation sites (tertiary alicyclic amines) is 1. The standard InChI is InChI=1S/C25H35F3N8O2S/c1-5-36-12-10-24(16-36,21(37)29-11-13-35(3)4)15-30-20-14-17(2)31-22(33-20)34-23(39)32-18-6-8-19(9-7-18)38-25(26,27)28/h6-9,14H,5,10-13,15-16H2,1-4H3,(H,29,37)(H3,30,31,32,33,34,39).